The maximum Gasteiger partial charge on any atom is 0.0281 e. The van der Waals surface area contributed by atoms with E-state index < -0.39 is 0 Å². The van der Waals surface area contributed by atoms with Crippen LogP contribution < -0.4 is 10.6 Å². The fraction of sp³-hybridized carbons (Fsp3) is 1.00. The van der Waals surface area contributed by atoms with Crippen LogP contribution in [0, 0.1) is 0 Å². The first-order valence-electron chi connectivity index (χ1n) is 6.84. The molecule has 0 radical (unpaired) electrons. The van der Waals surface area contributed by atoms with Gasteiger partial charge in [0.05, 0.1) is 0 Å². The Morgan fingerprint density at radius 2 is 2.06 bits per heavy atom. The van der Waals surface area contributed by atoms with E-state index in [4.69, 9.17) is 0 Å². The predicted molar refractivity (Wildman–Crippen MR) is 73.2 cm³/mol. The molecule has 3 heteroatoms. The monoisotopic (exact) mass is 242 g/mol. The predicted octanol–water partition coefficient (Wildman–Crippen LogP) is 2.39. The molecule has 16 heavy (non-hydrogen) atoms. The summed E-state index contributed by atoms with van der Waals surface area (Å²) < 4.78 is 0.552. The molecule has 0 amide bonds. The molecule has 0 bridgehead atoms. The Labute approximate surface area is 104 Å². The van der Waals surface area contributed by atoms with Crippen LogP contribution in [-0.4, -0.2) is 36.7 Å². The standard InChI is InChI=1S/C13H26N2S/c1-16-13(7-3-2-4-8-13)11-14-10-12-6-5-9-15-12/h12,14-15H,2-11H2,1H3. The summed E-state index contributed by atoms with van der Waals surface area (Å²) >= 11 is 2.09. The molecule has 2 N–H and O–H groups in total. The summed E-state index contributed by atoms with van der Waals surface area (Å²) in [7, 11) is 0. The minimum Gasteiger partial charge on any atom is -0.314 e. The van der Waals surface area contributed by atoms with E-state index in [0.29, 0.717) is 4.75 Å². The fourth-order valence-electron chi connectivity index (χ4n) is 3.05. The minimum absolute atomic E-state index is 0.552. The number of nitrogens with one attached hydrogen (secondary N) is 2. The minimum atomic E-state index is 0.552. The summed E-state index contributed by atoms with van der Waals surface area (Å²) in [6.07, 6.45) is 12.2. The molecule has 1 aliphatic carbocycles. The maximum absolute atomic E-state index is 3.71. The average molecular weight is 242 g/mol. The number of thioether (sulfide) groups is 1. The van der Waals surface area contributed by atoms with E-state index in [9.17, 15) is 0 Å². The lowest BCUT2D eigenvalue weighted by molar-refractivity contribution is 0.373. The second-order valence-electron chi connectivity index (χ2n) is 5.37. The first-order valence-corrected chi connectivity index (χ1v) is 8.06. The maximum atomic E-state index is 3.71. The van der Waals surface area contributed by atoms with Crippen molar-refractivity contribution in [3.05, 3.63) is 0 Å². The average Bonchev–Trinajstić information content (AvgIpc) is 2.83. The lowest BCUT2D eigenvalue weighted by atomic mass is 9.88. The molecule has 94 valence electrons. The molecule has 1 aliphatic heterocycles. The third-order valence-corrected chi connectivity index (χ3v) is 5.62. The molecular weight excluding hydrogens is 216 g/mol. The quantitative estimate of drug-likeness (QED) is 0.774. The molecule has 2 fully saturated rings. The van der Waals surface area contributed by atoms with Crippen LogP contribution in [0.25, 0.3) is 0 Å². The molecule has 0 spiro atoms. The molecule has 1 unspecified atom stereocenters. The zero-order valence-corrected chi connectivity index (χ0v) is 11.4. The Kier molecular flexibility index (Phi) is 4.98. The molecule has 0 aromatic heterocycles. The molecule has 2 rings (SSSR count). The molecule has 0 aromatic carbocycles. The van der Waals surface area contributed by atoms with Crippen molar-refractivity contribution in [3.8, 4) is 0 Å². The van der Waals surface area contributed by atoms with Gasteiger partial charge in [-0.1, -0.05) is 19.3 Å². The van der Waals surface area contributed by atoms with Crippen molar-refractivity contribution in [1.29, 1.82) is 0 Å². The summed E-state index contributed by atoms with van der Waals surface area (Å²) in [5, 5.41) is 7.26. The van der Waals surface area contributed by atoms with Crippen LogP contribution in [0.3, 0.4) is 0 Å². The molecule has 1 saturated heterocycles. The van der Waals surface area contributed by atoms with Crippen molar-refractivity contribution in [2.24, 2.45) is 0 Å². The summed E-state index contributed by atoms with van der Waals surface area (Å²) in [5.74, 6) is 0. The van der Waals surface area contributed by atoms with Crippen molar-refractivity contribution >= 4 is 11.8 Å². The van der Waals surface area contributed by atoms with Crippen LogP contribution in [0.15, 0.2) is 0 Å². The number of rotatable bonds is 5. The SMILES string of the molecule is CSC1(CNCC2CCCN2)CCCCC1. The van der Waals surface area contributed by atoms with Gasteiger partial charge in [0.15, 0.2) is 0 Å². The summed E-state index contributed by atoms with van der Waals surface area (Å²) in [4.78, 5) is 0. The van der Waals surface area contributed by atoms with Crippen LogP contribution >= 0.6 is 11.8 Å². The lowest BCUT2D eigenvalue weighted by Crippen LogP contribution is -2.43. The zero-order valence-electron chi connectivity index (χ0n) is 10.6. The van der Waals surface area contributed by atoms with Gasteiger partial charge in [-0.05, 0) is 38.5 Å². The van der Waals surface area contributed by atoms with Crippen molar-refractivity contribution in [2.75, 3.05) is 25.9 Å². The molecular formula is C13H26N2S. The van der Waals surface area contributed by atoms with E-state index in [-0.39, 0.29) is 0 Å². The van der Waals surface area contributed by atoms with E-state index in [1.807, 2.05) is 0 Å². The van der Waals surface area contributed by atoms with E-state index in [1.54, 1.807) is 0 Å². The van der Waals surface area contributed by atoms with Crippen LogP contribution in [-0.2, 0) is 0 Å². The van der Waals surface area contributed by atoms with Crippen molar-refractivity contribution in [1.82, 2.24) is 10.6 Å². The first kappa shape index (κ1) is 12.7. The second kappa shape index (κ2) is 6.27. The van der Waals surface area contributed by atoms with Gasteiger partial charge in [-0.25, -0.2) is 0 Å². The Bertz CT molecular complexity index is 196. The summed E-state index contributed by atoms with van der Waals surface area (Å²) in [6, 6.07) is 0.738. The third-order valence-electron chi connectivity index (χ3n) is 4.20. The van der Waals surface area contributed by atoms with E-state index in [2.05, 4.69) is 28.7 Å². The normalized spacial score (nSPS) is 29.4. The van der Waals surface area contributed by atoms with E-state index in [0.717, 1.165) is 6.04 Å². The second-order valence-corrected chi connectivity index (χ2v) is 6.65. The van der Waals surface area contributed by atoms with Crippen molar-refractivity contribution in [3.63, 3.8) is 0 Å². The van der Waals surface area contributed by atoms with Gasteiger partial charge < -0.3 is 10.6 Å². The van der Waals surface area contributed by atoms with Gasteiger partial charge in [0, 0.05) is 23.9 Å². The van der Waals surface area contributed by atoms with Crippen LogP contribution in [0.4, 0.5) is 0 Å². The fourth-order valence-corrected chi connectivity index (χ4v) is 4.00. The molecule has 2 aliphatic rings. The van der Waals surface area contributed by atoms with Crippen molar-refractivity contribution < 1.29 is 0 Å². The van der Waals surface area contributed by atoms with Gasteiger partial charge >= 0.3 is 0 Å². The van der Waals surface area contributed by atoms with E-state index >= 15 is 0 Å². The van der Waals surface area contributed by atoms with Crippen LogP contribution in [0.1, 0.15) is 44.9 Å². The zero-order chi connectivity index (χ0) is 11.3. The topological polar surface area (TPSA) is 24.1 Å². The largest absolute Gasteiger partial charge is 0.314 e. The number of hydrogen-bond acceptors (Lipinski definition) is 3. The summed E-state index contributed by atoms with van der Waals surface area (Å²) in [5.41, 5.74) is 0. The Hall–Kier alpha value is 0.270. The van der Waals surface area contributed by atoms with Crippen LogP contribution in [0.5, 0.6) is 0 Å². The smallest absolute Gasteiger partial charge is 0.0281 e. The Morgan fingerprint density at radius 3 is 2.69 bits per heavy atom. The highest BCUT2D eigenvalue weighted by atomic mass is 32.2. The highest BCUT2D eigenvalue weighted by molar-refractivity contribution is 8.00. The molecule has 0 aromatic rings. The molecule has 1 saturated carbocycles. The Balaban J connectivity index is 1.69. The van der Waals surface area contributed by atoms with Crippen LogP contribution in [0.2, 0.25) is 0 Å². The van der Waals surface area contributed by atoms with Crippen molar-refractivity contribution in [2.45, 2.75) is 55.7 Å². The first-order chi connectivity index (χ1) is 7.85. The van der Waals surface area contributed by atoms with Gasteiger partial charge in [-0.2, -0.15) is 11.8 Å². The van der Waals surface area contributed by atoms with E-state index in [1.165, 1.54) is 64.6 Å². The van der Waals surface area contributed by atoms with Gasteiger partial charge in [-0.3, -0.25) is 0 Å². The molecule has 2 nitrogen and oxygen atoms in total. The third kappa shape index (κ3) is 3.38. The molecule has 1 atom stereocenters. The summed E-state index contributed by atoms with van der Waals surface area (Å²) in [6.45, 7) is 3.61. The van der Waals surface area contributed by atoms with Gasteiger partial charge in [0.2, 0.25) is 0 Å². The van der Waals surface area contributed by atoms with Gasteiger partial charge in [0.1, 0.15) is 0 Å². The lowest BCUT2D eigenvalue weighted by Gasteiger charge is -2.36. The highest BCUT2D eigenvalue weighted by Gasteiger charge is 2.30. The van der Waals surface area contributed by atoms with Gasteiger partial charge in [-0.15, -0.1) is 0 Å². The number of hydrogen-bond donors (Lipinski definition) is 2. The molecule has 1 heterocycles. The highest BCUT2D eigenvalue weighted by Crippen LogP contribution is 2.37. The Morgan fingerprint density at radius 1 is 1.25 bits per heavy atom. The van der Waals surface area contributed by atoms with Gasteiger partial charge in [0.25, 0.3) is 0 Å².